The molecule has 0 spiro atoms. The molecule has 0 aromatic heterocycles. The first-order valence-corrected chi connectivity index (χ1v) is 8.71. The zero-order valence-electron chi connectivity index (χ0n) is 14.1. The molecule has 0 fully saturated rings. The Morgan fingerprint density at radius 3 is 2.54 bits per heavy atom. The summed E-state index contributed by atoms with van der Waals surface area (Å²) >= 11 is 11.3. The van der Waals surface area contributed by atoms with Gasteiger partial charge in [-0.15, -0.1) is 0 Å². The van der Waals surface area contributed by atoms with Gasteiger partial charge in [0.15, 0.2) is 5.11 Å². The van der Waals surface area contributed by atoms with E-state index in [9.17, 15) is 9.59 Å². The van der Waals surface area contributed by atoms with Crippen molar-refractivity contribution >= 4 is 58.2 Å². The Labute approximate surface area is 162 Å². The Morgan fingerprint density at radius 2 is 1.85 bits per heavy atom. The van der Waals surface area contributed by atoms with Gasteiger partial charge < -0.3 is 10.6 Å². The topological polar surface area (TPSA) is 70.2 Å². The monoisotopic (exact) mass is 387 g/mol. The molecule has 5 nitrogen and oxygen atoms in total. The van der Waals surface area contributed by atoms with Gasteiger partial charge in [-0.2, -0.15) is 0 Å². The Kier molecular flexibility index (Phi) is 7.32. The summed E-state index contributed by atoms with van der Waals surface area (Å²) in [5.41, 5.74) is 1.98. The minimum Gasteiger partial charge on any atom is -0.331 e. The molecule has 3 N–H and O–H groups in total. The molecule has 2 rings (SSSR count). The second-order valence-electron chi connectivity index (χ2n) is 5.28. The molecule has 26 heavy (non-hydrogen) atoms. The lowest BCUT2D eigenvalue weighted by Gasteiger charge is -2.12. The summed E-state index contributed by atoms with van der Waals surface area (Å²) in [5, 5.41) is 8.65. The van der Waals surface area contributed by atoms with E-state index < -0.39 is 0 Å². The van der Waals surface area contributed by atoms with E-state index >= 15 is 0 Å². The quantitative estimate of drug-likeness (QED) is 0.530. The van der Waals surface area contributed by atoms with Crippen LogP contribution in [-0.2, 0) is 9.59 Å². The molecule has 0 aliphatic carbocycles. The van der Waals surface area contributed by atoms with Gasteiger partial charge in [0.05, 0.1) is 10.7 Å². The maximum Gasteiger partial charge on any atom is 0.250 e. The van der Waals surface area contributed by atoms with Crippen LogP contribution >= 0.6 is 23.8 Å². The maximum atomic E-state index is 11.9. The molecule has 0 aliphatic rings. The minimum absolute atomic E-state index is 0.105. The van der Waals surface area contributed by atoms with E-state index in [-0.39, 0.29) is 16.9 Å². The fourth-order valence-corrected chi connectivity index (χ4v) is 2.37. The molecule has 0 heterocycles. The summed E-state index contributed by atoms with van der Waals surface area (Å²) in [7, 11) is 0. The van der Waals surface area contributed by atoms with E-state index in [1.54, 1.807) is 31.2 Å². The molecule has 0 saturated heterocycles. The number of hydrogen-bond donors (Lipinski definition) is 3. The van der Waals surface area contributed by atoms with E-state index in [1.165, 1.54) is 6.08 Å². The first-order valence-electron chi connectivity index (χ1n) is 7.92. The van der Waals surface area contributed by atoms with Crippen molar-refractivity contribution < 1.29 is 9.59 Å². The SMILES string of the molecule is CCC(=O)Nc1ccc(Cl)c(NC(=S)NC(=O)C=Cc2ccccc2)c1. The van der Waals surface area contributed by atoms with E-state index in [4.69, 9.17) is 23.8 Å². The number of benzene rings is 2. The number of halogens is 1. The molecule has 2 aromatic carbocycles. The van der Waals surface area contributed by atoms with E-state index in [0.717, 1.165) is 5.56 Å². The molecule has 2 aromatic rings. The minimum atomic E-state index is -0.363. The highest BCUT2D eigenvalue weighted by Gasteiger charge is 2.07. The Hall–Kier alpha value is -2.70. The van der Waals surface area contributed by atoms with Crippen LogP contribution in [0.25, 0.3) is 6.08 Å². The van der Waals surface area contributed by atoms with E-state index in [0.29, 0.717) is 22.8 Å². The van der Waals surface area contributed by atoms with Crippen molar-refractivity contribution in [2.75, 3.05) is 10.6 Å². The summed E-state index contributed by atoms with van der Waals surface area (Å²) in [6.07, 6.45) is 3.45. The molecule has 0 radical (unpaired) electrons. The lowest BCUT2D eigenvalue weighted by molar-refractivity contribution is -0.116. The highest BCUT2D eigenvalue weighted by atomic mass is 35.5. The summed E-state index contributed by atoms with van der Waals surface area (Å²) in [5.74, 6) is -0.474. The Balaban J connectivity index is 1.96. The normalized spacial score (nSPS) is 10.4. The molecule has 134 valence electrons. The summed E-state index contributed by atoms with van der Waals surface area (Å²) in [6, 6.07) is 14.4. The van der Waals surface area contributed by atoms with Crippen LogP contribution in [0.2, 0.25) is 5.02 Å². The number of carbonyl (C=O) groups is 2. The van der Waals surface area contributed by atoms with Crippen molar-refractivity contribution in [1.82, 2.24) is 5.32 Å². The zero-order valence-corrected chi connectivity index (χ0v) is 15.7. The molecular weight excluding hydrogens is 370 g/mol. The van der Waals surface area contributed by atoms with Crippen molar-refractivity contribution in [3.8, 4) is 0 Å². The summed E-state index contributed by atoms with van der Waals surface area (Å²) in [4.78, 5) is 23.4. The summed E-state index contributed by atoms with van der Waals surface area (Å²) in [6.45, 7) is 1.76. The van der Waals surface area contributed by atoms with E-state index in [1.807, 2.05) is 30.3 Å². The second kappa shape index (κ2) is 9.70. The standard InChI is InChI=1S/C19H18ClN3O2S/c1-2-17(24)21-14-9-10-15(20)16(12-14)22-19(26)23-18(25)11-8-13-6-4-3-5-7-13/h3-12H,2H2,1H3,(H,21,24)(H2,22,23,25,26). The maximum absolute atomic E-state index is 11.9. The van der Waals surface area contributed by atoms with Gasteiger partial charge in [-0.1, -0.05) is 48.9 Å². The number of hydrogen-bond acceptors (Lipinski definition) is 3. The van der Waals surface area contributed by atoms with Crippen LogP contribution in [0, 0.1) is 0 Å². The van der Waals surface area contributed by atoms with Crippen LogP contribution in [0.4, 0.5) is 11.4 Å². The summed E-state index contributed by atoms with van der Waals surface area (Å²) < 4.78 is 0. The number of carbonyl (C=O) groups excluding carboxylic acids is 2. The first-order chi connectivity index (χ1) is 12.5. The van der Waals surface area contributed by atoms with Crippen molar-refractivity contribution in [3.63, 3.8) is 0 Å². The molecule has 0 unspecified atom stereocenters. The predicted molar refractivity (Wildman–Crippen MR) is 110 cm³/mol. The van der Waals surface area contributed by atoms with Crippen LogP contribution in [0.15, 0.2) is 54.6 Å². The average molecular weight is 388 g/mol. The van der Waals surface area contributed by atoms with Crippen molar-refractivity contribution in [2.45, 2.75) is 13.3 Å². The highest BCUT2D eigenvalue weighted by molar-refractivity contribution is 7.80. The number of nitrogens with one attached hydrogen (secondary N) is 3. The zero-order chi connectivity index (χ0) is 18.9. The van der Waals surface area contributed by atoms with E-state index in [2.05, 4.69) is 16.0 Å². The number of amides is 2. The highest BCUT2D eigenvalue weighted by Crippen LogP contribution is 2.25. The lowest BCUT2D eigenvalue weighted by atomic mass is 10.2. The van der Waals surface area contributed by atoms with Gasteiger partial charge in [-0.3, -0.25) is 14.9 Å². The van der Waals surface area contributed by atoms with Crippen LogP contribution in [0.3, 0.4) is 0 Å². The first kappa shape index (κ1) is 19.6. The Morgan fingerprint density at radius 1 is 1.12 bits per heavy atom. The smallest absolute Gasteiger partial charge is 0.250 e. The van der Waals surface area contributed by atoms with Gasteiger partial charge in [0.2, 0.25) is 11.8 Å². The number of anilines is 2. The van der Waals surface area contributed by atoms with Crippen LogP contribution in [0.1, 0.15) is 18.9 Å². The van der Waals surface area contributed by atoms with Crippen molar-refractivity contribution in [2.24, 2.45) is 0 Å². The van der Waals surface area contributed by atoms with Crippen LogP contribution in [-0.4, -0.2) is 16.9 Å². The second-order valence-corrected chi connectivity index (χ2v) is 6.10. The van der Waals surface area contributed by atoms with Gasteiger partial charge in [-0.25, -0.2) is 0 Å². The van der Waals surface area contributed by atoms with Gasteiger partial charge >= 0.3 is 0 Å². The van der Waals surface area contributed by atoms with Gasteiger partial charge in [0.1, 0.15) is 0 Å². The van der Waals surface area contributed by atoms with Crippen molar-refractivity contribution in [3.05, 3.63) is 65.2 Å². The molecule has 0 aliphatic heterocycles. The third-order valence-electron chi connectivity index (χ3n) is 3.28. The molecule has 0 bridgehead atoms. The third kappa shape index (κ3) is 6.31. The Bertz CT molecular complexity index is 838. The van der Waals surface area contributed by atoms with Crippen LogP contribution in [0.5, 0.6) is 0 Å². The molecule has 0 atom stereocenters. The number of thiocarbonyl (C=S) groups is 1. The lowest BCUT2D eigenvalue weighted by Crippen LogP contribution is -2.32. The fraction of sp³-hybridized carbons (Fsp3) is 0.105. The molecular formula is C19H18ClN3O2S. The molecule has 0 saturated carbocycles. The number of rotatable bonds is 5. The largest absolute Gasteiger partial charge is 0.331 e. The fourth-order valence-electron chi connectivity index (χ4n) is 1.99. The molecule has 7 heteroatoms. The van der Waals surface area contributed by atoms with Gasteiger partial charge in [-0.05, 0) is 42.1 Å². The molecule has 2 amide bonds. The van der Waals surface area contributed by atoms with Gasteiger partial charge in [0, 0.05) is 18.2 Å². The average Bonchev–Trinajstić information content (AvgIpc) is 2.63. The predicted octanol–water partition coefficient (Wildman–Crippen LogP) is 4.21. The third-order valence-corrected chi connectivity index (χ3v) is 3.82. The van der Waals surface area contributed by atoms with Crippen LogP contribution < -0.4 is 16.0 Å². The van der Waals surface area contributed by atoms with Crippen molar-refractivity contribution in [1.29, 1.82) is 0 Å². The van der Waals surface area contributed by atoms with Gasteiger partial charge in [0.25, 0.3) is 0 Å².